The van der Waals surface area contributed by atoms with Gasteiger partial charge in [-0.3, -0.25) is 4.79 Å². The van der Waals surface area contributed by atoms with Gasteiger partial charge in [-0.05, 0) is 31.6 Å². The van der Waals surface area contributed by atoms with Gasteiger partial charge in [-0.15, -0.1) is 0 Å². The molecule has 1 fully saturated rings. The van der Waals surface area contributed by atoms with Crippen LogP contribution in [0.1, 0.15) is 65.2 Å². The van der Waals surface area contributed by atoms with Crippen molar-refractivity contribution in [1.82, 2.24) is 0 Å². The monoisotopic (exact) mass is 366 g/mol. The van der Waals surface area contributed by atoms with E-state index in [0.717, 1.165) is 25.3 Å². The van der Waals surface area contributed by atoms with Gasteiger partial charge < -0.3 is 15.3 Å². The first-order valence-corrected chi connectivity index (χ1v) is 9.81. The molecule has 1 aliphatic rings. The molecule has 5 atom stereocenters. The molecule has 0 bridgehead atoms. The summed E-state index contributed by atoms with van der Waals surface area (Å²) in [6.07, 6.45) is 11.2. The Hall–Kier alpha value is -1.46. The van der Waals surface area contributed by atoms with Gasteiger partial charge in [-0.1, -0.05) is 51.3 Å². The highest BCUT2D eigenvalue weighted by molar-refractivity contribution is 5.84. The third-order valence-corrected chi connectivity index (χ3v) is 5.13. The maximum absolute atomic E-state index is 12.1. The first kappa shape index (κ1) is 22.6. The number of aliphatic carboxylic acids is 1. The Morgan fingerprint density at radius 1 is 1.35 bits per heavy atom. The molecule has 0 radical (unpaired) electrons. The quantitative estimate of drug-likeness (QED) is 0.279. The Labute approximate surface area is 156 Å². The second kappa shape index (κ2) is 12.0. The van der Waals surface area contributed by atoms with Gasteiger partial charge >= 0.3 is 5.97 Å². The zero-order chi connectivity index (χ0) is 19.5. The topological polar surface area (TPSA) is 94.8 Å². The van der Waals surface area contributed by atoms with Gasteiger partial charge in [0.2, 0.25) is 0 Å². The van der Waals surface area contributed by atoms with Crippen LogP contribution in [0, 0.1) is 17.8 Å². The van der Waals surface area contributed by atoms with E-state index in [1.54, 1.807) is 12.2 Å². The van der Waals surface area contributed by atoms with Crippen LogP contribution in [0.25, 0.3) is 0 Å². The summed E-state index contributed by atoms with van der Waals surface area (Å²) < 4.78 is 0. The zero-order valence-electron chi connectivity index (χ0n) is 16.0. The van der Waals surface area contributed by atoms with Crippen LogP contribution < -0.4 is 0 Å². The van der Waals surface area contributed by atoms with Gasteiger partial charge in [0.1, 0.15) is 5.78 Å². The van der Waals surface area contributed by atoms with Crippen LogP contribution in [0.4, 0.5) is 0 Å². The molecule has 0 aromatic carbocycles. The van der Waals surface area contributed by atoms with Gasteiger partial charge in [-0.2, -0.15) is 0 Å². The summed E-state index contributed by atoms with van der Waals surface area (Å²) >= 11 is 0. The number of aliphatic hydroxyl groups excluding tert-OH is 2. The highest BCUT2D eigenvalue weighted by Gasteiger charge is 2.39. The van der Waals surface area contributed by atoms with E-state index in [2.05, 4.69) is 13.8 Å². The van der Waals surface area contributed by atoms with Crippen molar-refractivity contribution in [3.05, 3.63) is 24.3 Å². The van der Waals surface area contributed by atoms with Crippen LogP contribution in [0.3, 0.4) is 0 Å². The second-order valence-corrected chi connectivity index (χ2v) is 7.53. The van der Waals surface area contributed by atoms with E-state index in [1.807, 2.05) is 6.08 Å². The van der Waals surface area contributed by atoms with Gasteiger partial charge in [0.25, 0.3) is 0 Å². The minimum atomic E-state index is -0.972. The summed E-state index contributed by atoms with van der Waals surface area (Å²) in [6, 6.07) is 0. The fourth-order valence-electron chi connectivity index (χ4n) is 3.65. The molecule has 148 valence electrons. The van der Waals surface area contributed by atoms with Crippen LogP contribution >= 0.6 is 0 Å². The number of Topliss-reactive ketones (excluding diaryl/α,β-unsaturated/α-hetero) is 1. The summed E-state index contributed by atoms with van der Waals surface area (Å²) in [5, 5.41) is 28.9. The lowest BCUT2D eigenvalue weighted by Crippen LogP contribution is -2.19. The number of unbranched alkanes of at least 4 members (excludes halogenated alkanes) is 2. The summed E-state index contributed by atoms with van der Waals surface area (Å²) in [4.78, 5) is 22.6. The van der Waals surface area contributed by atoms with Gasteiger partial charge in [-0.25, -0.2) is 4.79 Å². The van der Waals surface area contributed by atoms with Crippen LogP contribution in [0.2, 0.25) is 0 Å². The van der Waals surface area contributed by atoms with Crippen LogP contribution in [-0.4, -0.2) is 39.3 Å². The molecule has 5 unspecified atom stereocenters. The molecule has 0 heterocycles. The SMILES string of the molecule is CCCCC(C)CC(O)C=CC1C(O)CC(=O)C1CCCC=CC(=O)O. The molecule has 5 nitrogen and oxygen atoms in total. The van der Waals surface area contributed by atoms with E-state index in [9.17, 15) is 19.8 Å². The lowest BCUT2D eigenvalue weighted by molar-refractivity contribution is -0.131. The smallest absolute Gasteiger partial charge is 0.327 e. The Morgan fingerprint density at radius 3 is 2.73 bits per heavy atom. The molecule has 0 spiro atoms. The molecule has 0 aliphatic heterocycles. The van der Waals surface area contributed by atoms with Crippen molar-refractivity contribution >= 4 is 11.8 Å². The van der Waals surface area contributed by atoms with E-state index < -0.39 is 18.2 Å². The Kier molecular flexibility index (Phi) is 10.4. The van der Waals surface area contributed by atoms with Crippen molar-refractivity contribution in [1.29, 1.82) is 0 Å². The maximum Gasteiger partial charge on any atom is 0.327 e. The van der Waals surface area contributed by atoms with E-state index in [4.69, 9.17) is 5.11 Å². The maximum atomic E-state index is 12.1. The number of carbonyl (C=O) groups is 2. The third-order valence-electron chi connectivity index (χ3n) is 5.13. The van der Waals surface area contributed by atoms with E-state index in [0.29, 0.717) is 31.6 Å². The Balaban J connectivity index is 2.52. The standard InChI is InChI=1S/C21H34O5/c1-3-4-8-15(2)13-16(22)11-12-18-17(19(23)14-20(18)24)9-6-5-7-10-21(25)26/h7,10-12,15-18,20,22,24H,3-6,8-9,13-14H2,1-2H3,(H,25,26). The largest absolute Gasteiger partial charge is 0.478 e. The fourth-order valence-corrected chi connectivity index (χ4v) is 3.65. The minimum Gasteiger partial charge on any atom is -0.478 e. The molecule has 0 aromatic rings. The molecule has 0 saturated heterocycles. The Bertz CT molecular complexity index is 497. The minimum absolute atomic E-state index is 0.0557. The van der Waals surface area contributed by atoms with Crippen molar-refractivity contribution in [3.63, 3.8) is 0 Å². The van der Waals surface area contributed by atoms with Crippen molar-refractivity contribution in [2.45, 2.75) is 77.4 Å². The van der Waals surface area contributed by atoms with E-state index >= 15 is 0 Å². The van der Waals surface area contributed by atoms with Gasteiger partial charge in [0.05, 0.1) is 12.2 Å². The molecule has 0 aromatic heterocycles. The number of carboxylic acid groups (broad SMARTS) is 1. The molecule has 0 amide bonds. The molecular weight excluding hydrogens is 332 g/mol. The van der Waals surface area contributed by atoms with Crippen molar-refractivity contribution in [3.8, 4) is 0 Å². The summed E-state index contributed by atoms with van der Waals surface area (Å²) in [7, 11) is 0. The number of allylic oxidation sites excluding steroid dienone is 1. The lowest BCUT2D eigenvalue weighted by Gasteiger charge is -2.18. The van der Waals surface area contributed by atoms with Crippen molar-refractivity contribution in [2.24, 2.45) is 17.8 Å². The molecule has 5 heteroatoms. The highest BCUT2D eigenvalue weighted by Crippen LogP contribution is 2.34. The average molecular weight is 366 g/mol. The van der Waals surface area contributed by atoms with Crippen LogP contribution in [-0.2, 0) is 9.59 Å². The third kappa shape index (κ3) is 8.28. The predicted octanol–water partition coefficient (Wildman–Crippen LogP) is 3.50. The first-order chi connectivity index (χ1) is 12.3. The van der Waals surface area contributed by atoms with Gasteiger partial charge in [0.15, 0.2) is 0 Å². The highest BCUT2D eigenvalue weighted by atomic mass is 16.4. The Morgan fingerprint density at radius 2 is 2.08 bits per heavy atom. The predicted molar refractivity (Wildman–Crippen MR) is 102 cm³/mol. The number of hydrogen-bond acceptors (Lipinski definition) is 4. The number of carbonyl (C=O) groups excluding carboxylic acids is 1. The van der Waals surface area contributed by atoms with E-state index in [1.165, 1.54) is 0 Å². The molecule has 3 N–H and O–H groups in total. The lowest BCUT2D eigenvalue weighted by atomic mass is 9.88. The second-order valence-electron chi connectivity index (χ2n) is 7.53. The van der Waals surface area contributed by atoms with Gasteiger partial charge in [0, 0.05) is 24.3 Å². The number of rotatable bonds is 12. The summed E-state index contributed by atoms with van der Waals surface area (Å²) in [6.45, 7) is 4.28. The van der Waals surface area contributed by atoms with Crippen LogP contribution in [0.15, 0.2) is 24.3 Å². The molecule has 1 rings (SSSR count). The number of hydrogen-bond donors (Lipinski definition) is 3. The number of aliphatic hydroxyl groups is 2. The van der Waals surface area contributed by atoms with Crippen molar-refractivity contribution < 1.29 is 24.9 Å². The molecular formula is C21H34O5. The summed E-state index contributed by atoms with van der Waals surface area (Å²) in [5.41, 5.74) is 0. The zero-order valence-corrected chi connectivity index (χ0v) is 16.0. The molecule has 1 saturated carbocycles. The van der Waals surface area contributed by atoms with E-state index in [-0.39, 0.29) is 24.0 Å². The fraction of sp³-hybridized carbons (Fsp3) is 0.714. The summed E-state index contributed by atoms with van der Waals surface area (Å²) in [5.74, 6) is -0.974. The van der Waals surface area contributed by atoms with Crippen molar-refractivity contribution in [2.75, 3.05) is 0 Å². The number of carboxylic acids is 1. The molecule has 26 heavy (non-hydrogen) atoms. The molecule has 1 aliphatic carbocycles. The first-order valence-electron chi connectivity index (χ1n) is 9.81. The average Bonchev–Trinajstić information content (AvgIpc) is 2.83. The van der Waals surface area contributed by atoms with Crippen LogP contribution in [0.5, 0.6) is 0 Å². The number of ketones is 1. The normalized spacial score (nSPS) is 26.0.